The van der Waals surface area contributed by atoms with Crippen LogP contribution in [0.25, 0.3) is 21.7 Å². The maximum atomic E-state index is 13.6. The van der Waals surface area contributed by atoms with Crippen LogP contribution in [0.4, 0.5) is 0 Å². The maximum absolute atomic E-state index is 13.6. The summed E-state index contributed by atoms with van der Waals surface area (Å²) in [6, 6.07) is 16.2. The molecule has 1 aromatic heterocycles. The van der Waals surface area contributed by atoms with E-state index in [0.29, 0.717) is 34.4 Å². The number of fused-ring (bicyclic) bond motifs is 4. The molecule has 0 saturated carbocycles. The molecule has 0 saturated heterocycles. The SMILES string of the molecule is C.CCC1COc2ccc3n[nH]c(S(=O)(=O)c4cccc5ccccc45)c3c2O1. The van der Waals surface area contributed by atoms with Gasteiger partial charge in [-0.2, -0.15) is 5.10 Å². The summed E-state index contributed by atoms with van der Waals surface area (Å²) >= 11 is 0. The third kappa shape index (κ3) is 2.93. The average molecular weight is 410 g/mol. The molecular formula is C22H22N2O4S. The van der Waals surface area contributed by atoms with E-state index < -0.39 is 9.84 Å². The van der Waals surface area contributed by atoms with Gasteiger partial charge in [0.15, 0.2) is 16.5 Å². The highest BCUT2D eigenvalue weighted by Gasteiger charge is 2.31. The Kier molecular flexibility index (Phi) is 4.70. The molecule has 29 heavy (non-hydrogen) atoms. The van der Waals surface area contributed by atoms with E-state index in [2.05, 4.69) is 10.2 Å². The number of nitrogens with zero attached hydrogens (tertiary/aromatic N) is 1. The van der Waals surface area contributed by atoms with Crippen LogP contribution in [0.15, 0.2) is 64.5 Å². The summed E-state index contributed by atoms with van der Waals surface area (Å²) in [6.07, 6.45) is 0.639. The minimum atomic E-state index is -3.86. The van der Waals surface area contributed by atoms with Gasteiger partial charge in [0, 0.05) is 5.39 Å². The molecule has 0 aliphatic carbocycles. The molecule has 5 rings (SSSR count). The number of sulfone groups is 1. The molecule has 150 valence electrons. The number of hydrogen-bond acceptors (Lipinski definition) is 5. The van der Waals surface area contributed by atoms with E-state index >= 15 is 0 Å². The smallest absolute Gasteiger partial charge is 0.224 e. The molecule has 1 atom stereocenters. The molecule has 4 aromatic rings. The van der Waals surface area contributed by atoms with Crippen molar-refractivity contribution >= 4 is 31.5 Å². The number of H-pyrrole nitrogens is 1. The molecule has 7 heteroatoms. The summed E-state index contributed by atoms with van der Waals surface area (Å²) in [4.78, 5) is 0.234. The topological polar surface area (TPSA) is 81.3 Å². The van der Waals surface area contributed by atoms with Crippen molar-refractivity contribution in [1.82, 2.24) is 10.2 Å². The lowest BCUT2D eigenvalue weighted by atomic mass is 10.1. The maximum Gasteiger partial charge on any atom is 0.224 e. The molecule has 1 N–H and O–H groups in total. The Morgan fingerprint density at radius 2 is 1.90 bits per heavy atom. The predicted octanol–water partition coefficient (Wildman–Crippen LogP) is 4.73. The highest BCUT2D eigenvalue weighted by molar-refractivity contribution is 7.91. The van der Waals surface area contributed by atoms with Crippen LogP contribution in [-0.2, 0) is 9.84 Å². The predicted molar refractivity (Wildman–Crippen MR) is 112 cm³/mol. The molecule has 0 fully saturated rings. The lowest BCUT2D eigenvalue weighted by Gasteiger charge is -2.26. The van der Waals surface area contributed by atoms with Crippen LogP contribution in [0.1, 0.15) is 20.8 Å². The third-order valence-corrected chi connectivity index (χ3v) is 6.84. The first-order valence-electron chi connectivity index (χ1n) is 9.13. The van der Waals surface area contributed by atoms with Gasteiger partial charge in [-0.3, -0.25) is 5.10 Å². The molecule has 1 aliphatic heterocycles. The molecule has 3 aromatic carbocycles. The highest BCUT2D eigenvalue weighted by Crippen LogP contribution is 2.43. The molecule has 0 amide bonds. The normalized spacial score (nSPS) is 16.0. The quantitative estimate of drug-likeness (QED) is 0.528. The van der Waals surface area contributed by atoms with Crippen LogP contribution in [0.3, 0.4) is 0 Å². The second-order valence-electron chi connectivity index (χ2n) is 6.78. The van der Waals surface area contributed by atoms with E-state index in [4.69, 9.17) is 9.47 Å². The van der Waals surface area contributed by atoms with E-state index in [0.717, 1.165) is 11.8 Å². The van der Waals surface area contributed by atoms with Gasteiger partial charge >= 0.3 is 0 Å². The van der Waals surface area contributed by atoms with Crippen molar-refractivity contribution in [3.8, 4) is 11.5 Å². The van der Waals surface area contributed by atoms with Crippen molar-refractivity contribution < 1.29 is 17.9 Å². The van der Waals surface area contributed by atoms with Crippen molar-refractivity contribution in [2.75, 3.05) is 6.61 Å². The summed E-state index contributed by atoms with van der Waals surface area (Å²) in [5.41, 5.74) is 0.526. The molecule has 2 heterocycles. The lowest BCUT2D eigenvalue weighted by molar-refractivity contribution is 0.0903. The van der Waals surface area contributed by atoms with Crippen molar-refractivity contribution in [3.63, 3.8) is 0 Å². The third-order valence-electron chi connectivity index (χ3n) is 5.08. The van der Waals surface area contributed by atoms with Gasteiger partial charge in [0.2, 0.25) is 9.84 Å². The first-order valence-corrected chi connectivity index (χ1v) is 10.6. The lowest BCUT2D eigenvalue weighted by Crippen LogP contribution is -2.28. The monoisotopic (exact) mass is 410 g/mol. The van der Waals surface area contributed by atoms with E-state index in [-0.39, 0.29) is 23.5 Å². The van der Waals surface area contributed by atoms with E-state index in [1.807, 2.05) is 37.3 Å². The first-order chi connectivity index (χ1) is 13.6. The van der Waals surface area contributed by atoms with Gasteiger partial charge in [-0.15, -0.1) is 0 Å². The van der Waals surface area contributed by atoms with Crippen LogP contribution < -0.4 is 9.47 Å². The standard InChI is InChI=1S/C21H18N2O4S.CH4/c1-2-14-12-26-17-11-10-16-19(20(17)27-14)21(23-22-16)28(24,25)18-9-5-7-13-6-3-4-8-15(13)18;/h3-11,14H,2,12H2,1H3,(H,22,23);1H4. The number of hydrogen-bond donors (Lipinski definition) is 1. The van der Waals surface area contributed by atoms with Crippen molar-refractivity contribution in [1.29, 1.82) is 0 Å². The zero-order chi connectivity index (χ0) is 19.3. The summed E-state index contributed by atoms with van der Waals surface area (Å²) < 4.78 is 39.0. The van der Waals surface area contributed by atoms with Crippen LogP contribution >= 0.6 is 0 Å². The Morgan fingerprint density at radius 1 is 1.10 bits per heavy atom. The van der Waals surface area contributed by atoms with Gasteiger partial charge < -0.3 is 9.47 Å². The van der Waals surface area contributed by atoms with E-state index in [1.165, 1.54) is 0 Å². The van der Waals surface area contributed by atoms with Gasteiger partial charge in [0.25, 0.3) is 0 Å². The fourth-order valence-electron chi connectivity index (χ4n) is 3.58. The minimum absolute atomic E-state index is 0. The highest BCUT2D eigenvalue weighted by atomic mass is 32.2. The molecule has 0 radical (unpaired) electrons. The van der Waals surface area contributed by atoms with Crippen LogP contribution in [0.5, 0.6) is 11.5 Å². The summed E-state index contributed by atoms with van der Waals surface area (Å²) in [5, 5.41) is 8.92. The van der Waals surface area contributed by atoms with Crippen molar-refractivity contribution in [2.24, 2.45) is 0 Å². The Labute approximate surface area is 169 Å². The fraction of sp³-hybridized carbons (Fsp3) is 0.227. The van der Waals surface area contributed by atoms with Crippen molar-refractivity contribution in [3.05, 3.63) is 54.6 Å². The molecule has 1 unspecified atom stereocenters. The molecular weight excluding hydrogens is 388 g/mol. The number of rotatable bonds is 3. The zero-order valence-corrected chi connectivity index (χ0v) is 16.0. The number of nitrogens with one attached hydrogen (secondary N) is 1. The molecule has 0 bridgehead atoms. The number of benzene rings is 3. The average Bonchev–Trinajstić information content (AvgIpc) is 3.18. The summed E-state index contributed by atoms with van der Waals surface area (Å²) in [6.45, 7) is 2.44. The van der Waals surface area contributed by atoms with Crippen LogP contribution in [-0.4, -0.2) is 31.3 Å². The second kappa shape index (κ2) is 7.08. The Balaban J connectivity index is 0.00000205. The minimum Gasteiger partial charge on any atom is -0.486 e. The van der Waals surface area contributed by atoms with Crippen molar-refractivity contribution in [2.45, 2.75) is 36.8 Å². The fourth-order valence-corrected chi connectivity index (χ4v) is 5.17. The molecule has 1 aliphatic rings. The summed E-state index contributed by atoms with van der Waals surface area (Å²) in [5.74, 6) is 0.969. The molecule has 6 nitrogen and oxygen atoms in total. The van der Waals surface area contributed by atoms with E-state index in [1.54, 1.807) is 24.3 Å². The Bertz CT molecular complexity index is 1310. The number of ether oxygens (including phenoxy) is 2. The Morgan fingerprint density at radius 3 is 2.72 bits per heavy atom. The first kappa shape index (κ1) is 19.3. The van der Waals surface area contributed by atoms with Gasteiger partial charge in [-0.25, -0.2) is 8.42 Å². The Hall–Kier alpha value is -3.06. The van der Waals surface area contributed by atoms with Crippen LogP contribution in [0, 0.1) is 0 Å². The summed E-state index contributed by atoms with van der Waals surface area (Å²) in [7, 11) is -3.86. The number of aromatic nitrogens is 2. The van der Waals surface area contributed by atoms with Crippen LogP contribution in [0.2, 0.25) is 0 Å². The number of aromatic amines is 1. The van der Waals surface area contributed by atoms with Gasteiger partial charge in [-0.1, -0.05) is 50.7 Å². The van der Waals surface area contributed by atoms with Gasteiger partial charge in [0.1, 0.15) is 12.7 Å². The zero-order valence-electron chi connectivity index (χ0n) is 15.2. The van der Waals surface area contributed by atoms with E-state index in [9.17, 15) is 8.42 Å². The molecule has 0 spiro atoms. The van der Waals surface area contributed by atoms with Gasteiger partial charge in [-0.05, 0) is 30.0 Å². The largest absolute Gasteiger partial charge is 0.486 e. The van der Waals surface area contributed by atoms with Gasteiger partial charge in [0.05, 0.1) is 15.8 Å². The second-order valence-corrected chi connectivity index (χ2v) is 8.63.